The normalized spacial score (nSPS) is 10.0. The van der Waals surface area contributed by atoms with Crippen LogP contribution in [-0.4, -0.2) is 12.9 Å². The lowest BCUT2D eigenvalue weighted by Gasteiger charge is -1.69. The van der Waals surface area contributed by atoms with Crippen LogP contribution in [0, 0.1) is 0 Å². The molecule has 0 heterocycles. The Hall–Kier alpha value is -0.370. The van der Waals surface area contributed by atoms with E-state index in [1.807, 2.05) is 6.92 Å². The molecule has 0 aromatic carbocycles. The van der Waals surface area contributed by atoms with Crippen molar-refractivity contribution in [2.45, 2.75) is 6.92 Å². The van der Waals surface area contributed by atoms with Gasteiger partial charge in [-0.25, -0.2) is 0 Å². The topological polar surface area (TPSA) is 38.4 Å². The van der Waals surface area contributed by atoms with Crippen LogP contribution in [0.15, 0.2) is 4.99 Å². The summed E-state index contributed by atoms with van der Waals surface area (Å²) in [5.41, 5.74) is 4.94. The van der Waals surface area contributed by atoms with Gasteiger partial charge in [0, 0.05) is 0 Å². The predicted molar refractivity (Wildman–Crippen MR) is 23.2 cm³/mol. The molecule has 0 aromatic heterocycles. The molecule has 0 unspecified atom stereocenters. The zero-order valence-electron chi connectivity index (χ0n) is 3.31. The Labute approximate surface area is 31.7 Å². The number of hydrogen-bond acceptors (Lipinski definition) is 2. The molecule has 2 heteroatoms. The summed E-state index contributed by atoms with van der Waals surface area (Å²) in [6, 6.07) is 0. The van der Waals surface area contributed by atoms with Gasteiger partial charge in [-0.3, -0.25) is 4.99 Å². The maximum absolute atomic E-state index is 4.94. The van der Waals surface area contributed by atoms with Gasteiger partial charge in [0.2, 0.25) is 0 Å². The third kappa shape index (κ3) is 3.63. The fourth-order valence-electron chi connectivity index (χ4n) is 0.105. The molecule has 0 amide bonds. The molecule has 0 aliphatic heterocycles. The molecule has 0 atom stereocenters. The molecular formula is C3H8N2. The van der Waals surface area contributed by atoms with Crippen molar-refractivity contribution in [3.05, 3.63) is 0 Å². The summed E-state index contributed by atoms with van der Waals surface area (Å²) >= 11 is 0. The summed E-state index contributed by atoms with van der Waals surface area (Å²) < 4.78 is 0. The zero-order valence-corrected chi connectivity index (χ0v) is 3.31. The Balaban J connectivity index is 2.62. The van der Waals surface area contributed by atoms with Crippen molar-refractivity contribution in [2.24, 2.45) is 10.7 Å². The predicted octanol–water partition coefficient (Wildman–Crippen LogP) is -0.00670. The number of nitrogens with two attached hydrogens (primary N) is 1. The molecule has 2 nitrogen and oxygen atoms in total. The van der Waals surface area contributed by atoms with Gasteiger partial charge in [-0.05, 0) is 13.1 Å². The monoisotopic (exact) mass is 72.1 g/mol. The van der Waals surface area contributed by atoms with Crippen LogP contribution in [0.2, 0.25) is 0 Å². The Morgan fingerprint density at radius 3 is 2.60 bits per heavy atom. The molecule has 0 fully saturated rings. The van der Waals surface area contributed by atoms with E-state index in [0.29, 0.717) is 6.67 Å². The highest BCUT2D eigenvalue weighted by Crippen LogP contribution is 1.47. The molecule has 30 valence electrons. The Bertz CT molecular complexity index is 31.9. The van der Waals surface area contributed by atoms with Gasteiger partial charge in [0.25, 0.3) is 0 Å². The Morgan fingerprint density at radius 2 is 2.60 bits per heavy atom. The fraction of sp³-hybridized carbons (Fsp3) is 0.667. The molecular weight excluding hydrogens is 64.0 g/mol. The van der Waals surface area contributed by atoms with Gasteiger partial charge in [0.1, 0.15) is 0 Å². The summed E-state index contributed by atoms with van der Waals surface area (Å²) in [5.74, 6) is 0. The van der Waals surface area contributed by atoms with Gasteiger partial charge in [0.15, 0.2) is 0 Å². The second kappa shape index (κ2) is 3.63. The van der Waals surface area contributed by atoms with Crippen molar-refractivity contribution >= 4 is 6.21 Å². The Morgan fingerprint density at radius 1 is 2.00 bits per heavy atom. The van der Waals surface area contributed by atoms with Gasteiger partial charge >= 0.3 is 0 Å². The molecule has 0 rings (SSSR count). The quantitative estimate of drug-likeness (QED) is 0.435. The average Bonchev–Trinajstić information content (AvgIpc) is 1.41. The van der Waals surface area contributed by atoms with E-state index < -0.39 is 0 Å². The van der Waals surface area contributed by atoms with E-state index in [0.717, 1.165) is 0 Å². The summed E-state index contributed by atoms with van der Waals surface area (Å²) in [6.07, 6.45) is 1.68. The van der Waals surface area contributed by atoms with Crippen LogP contribution in [0.1, 0.15) is 6.92 Å². The first-order valence-corrected chi connectivity index (χ1v) is 1.56. The van der Waals surface area contributed by atoms with Crippen molar-refractivity contribution < 1.29 is 0 Å². The standard InChI is InChI=1S/C3H8N2/c1-2-5-3-4/h2H,3-4H2,1H3/b5-2+. The lowest BCUT2D eigenvalue weighted by Crippen LogP contribution is -1.92. The SMILES string of the molecule is C/C=N/CN. The number of nitrogens with zero attached hydrogens (tertiary/aromatic N) is 1. The molecule has 0 spiro atoms. The van der Waals surface area contributed by atoms with Gasteiger partial charge in [0.05, 0.1) is 6.67 Å². The van der Waals surface area contributed by atoms with E-state index in [4.69, 9.17) is 5.73 Å². The van der Waals surface area contributed by atoms with Crippen LogP contribution in [0.3, 0.4) is 0 Å². The molecule has 0 aliphatic carbocycles. The third-order valence-electron chi connectivity index (χ3n) is 0.288. The summed E-state index contributed by atoms with van der Waals surface area (Å²) in [6.45, 7) is 2.25. The molecule has 0 aromatic rings. The minimum absolute atomic E-state index is 0.413. The third-order valence-corrected chi connectivity index (χ3v) is 0.288. The van der Waals surface area contributed by atoms with Crippen molar-refractivity contribution in [3.63, 3.8) is 0 Å². The van der Waals surface area contributed by atoms with E-state index in [1.54, 1.807) is 6.21 Å². The van der Waals surface area contributed by atoms with Crippen LogP contribution >= 0.6 is 0 Å². The second-order valence-electron chi connectivity index (χ2n) is 0.623. The first-order valence-electron chi connectivity index (χ1n) is 1.56. The highest BCUT2D eigenvalue weighted by atomic mass is 14.8. The largest absolute Gasteiger partial charge is 0.312 e. The minimum Gasteiger partial charge on any atom is -0.312 e. The molecule has 0 bridgehead atoms. The van der Waals surface area contributed by atoms with E-state index in [-0.39, 0.29) is 0 Å². The molecule has 0 radical (unpaired) electrons. The highest BCUT2D eigenvalue weighted by molar-refractivity contribution is 5.52. The molecule has 0 saturated heterocycles. The van der Waals surface area contributed by atoms with Gasteiger partial charge in [-0.2, -0.15) is 0 Å². The van der Waals surface area contributed by atoms with Crippen molar-refractivity contribution in [2.75, 3.05) is 6.67 Å². The minimum atomic E-state index is 0.413. The van der Waals surface area contributed by atoms with Crippen LogP contribution in [0.4, 0.5) is 0 Å². The van der Waals surface area contributed by atoms with Crippen LogP contribution < -0.4 is 5.73 Å². The van der Waals surface area contributed by atoms with Crippen molar-refractivity contribution in [1.29, 1.82) is 0 Å². The summed E-state index contributed by atoms with van der Waals surface area (Å²) in [5, 5.41) is 0. The number of hydrogen-bond donors (Lipinski definition) is 1. The van der Waals surface area contributed by atoms with E-state index in [9.17, 15) is 0 Å². The maximum Gasteiger partial charge on any atom is 0.0855 e. The van der Waals surface area contributed by atoms with Gasteiger partial charge in [-0.1, -0.05) is 0 Å². The van der Waals surface area contributed by atoms with Crippen LogP contribution in [0.5, 0.6) is 0 Å². The second-order valence-corrected chi connectivity index (χ2v) is 0.623. The first kappa shape index (κ1) is 4.63. The smallest absolute Gasteiger partial charge is 0.0855 e. The van der Waals surface area contributed by atoms with Crippen LogP contribution in [0.25, 0.3) is 0 Å². The van der Waals surface area contributed by atoms with Gasteiger partial charge in [-0.15, -0.1) is 0 Å². The fourth-order valence-corrected chi connectivity index (χ4v) is 0.105. The molecule has 2 N–H and O–H groups in total. The van der Waals surface area contributed by atoms with E-state index >= 15 is 0 Å². The van der Waals surface area contributed by atoms with Crippen LogP contribution in [-0.2, 0) is 0 Å². The highest BCUT2D eigenvalue weighted by Gasteiger charge is 1.49. The average molecular weight is 72.1 g/mol. The summed E-state index contributed by atoms with van der Waals surface area (Å²) in [4.78, 5) is 3.62. The maximum atomic E-state index is 4.94. The Kier molecular flexibility index (Phi) is 3.36. The lowest BCUT2D eigenvalue weighted by molar-refractivity contribution is 1.08. The van der Waals surface area contributed by atoms with E-state index in [1.165, 1.54) is 0 Å². The summed E-state index contributed by atoms with van der Waals surface area (Å²) in [7, 11) is 0. The first-order chi connectivity index (χ1) is 2.41. The van der Waals surface area contributed by atoms with Crippen molar-refractivity contribution in [3.8, 4) is 0 Å². The number of aliphatic imine (C=N–C) groups is 1. The van der Waals surface area contributed by atoms with E-state index in [2.05, 4.69) is 4.99 Å². The molecule has 0 saturated carbocycles. The van der Waals surface area contributed by atoms with Crippen molar-refractivity contribution in [1.82, 2.24) is 0 Å². The zero-order chi connectivity index (χ0) is 4.12. The van der Waals surface area contributed by atoms with Gasteiger partial charge < -0.3 is 5.73 Å². The molecule has 0 aliphatic rings. The lowest BCUT2D eigenvalue weighted by atomic mass is 10.9. The number of rotatable bonds is 1. The molecule has 5 heavy (non-hydrogen) atoms.